The van der Waals surface area contributed by atoms with Crippen LogP contribution in [0.25, 0.3) is 0 Å². The molecule has 0 bridgehead atoms. The van der Waals surface area contributed by atoms with Gasteiger partial charge < -0.3 is 10.5 Å². The first-order valence-electron chi connectivity index (χ1n) is 6.22. The van der Waals surface area contributed by atoms with Crippen LogP contribution in [0.15, 0.2) is 54.6 Å². The molecule has 0 fully saturated rings. The van der Waals surface area contributed by atoms with Crippen LogP contribution < -0.4 is 10.5 Å². The molecule has 0 aromatic heterocycles. The lowest BCUT2D eigenvalue weighted by Gasteiger charge is -2.22. The van der Waals surface area contributed by atoms with Gasteiger partial charge in [0.05, 0.1) is 5.56 Å². The molecule has 2 N–H and O–H groups in total. The lowest BCUT2D eigenvalue weighted by Crippen LogP contribution is -2.23. The second kappa shape index (κ2) is 6.48. The summed E-state index contributed by atoms with van der Waals surface area (Å²) in [6.45, 7) is 0. The Hall–Kier alpha value is -2.54. The summed E-state index contributed by atoms with van der Waals surface area (Å²) >= 11 is 0. The summed E-state index contributed by atoms with van der Waals surface area (Å²) in [6, 6.07) is 13.3. The Kier molecular flexibility index (Phi) is 4.67. The summed E-state index contributed by atoms with van der Waals surface area (Å²) in [7, 11) is 0. The highest BCUT2D eigenvalue weighted by Crippen LogP contribution is 2.31. The van der Waals surface area contributed by atoms with Gasteiger partial charge in [0, 0.05) is 5.56 Å². The van der Waals surface area contributed by atoms with Crippen molar-refractivity contribution in [2.45, 2.75) is 12.7 Å². The largest absolute Gasteiger partial charge is 0.525 e. The van der Waals surface area contributed by atoms with Crippen LogP contribution in [0.2, 0.25) is 0 Å². The highest BCUT2D eigenvalue weighted by molar-refractivity contribution is 5.95. The Morgan fingerprint density at radius 1 is 1.00 bits per heavy atom. The van der Waals surface area contributed by atoms with E-state index in [0.717, 1.165) is 0 Å². The van der Waals surface area contributed by atoms with Crippen LogP contribution in [0.5, 0.6) is 5.75 Å². The Morgan fingerprint density at radius 3 is 2.18 bits per heavy atom. The van der Waals surface area contributed by atoms with Crippen LogP contribution >= 0.6 is 0 Å². The van der Waals surface area contributed by atoms with Crippen molar-refractivity contribution in [2.75, 3.05) is 0 Å². The molecular weight excluding hydrogens is 299 g/mol. The van der Waals surface area contributed by atoms with Crippen LogP contribution in [0.3, 0.4) is 0 Å². The van der Waals surface area contributed by atoms with Crippen LogP contribution in [-0.4, -0.2) is 12.3 Å². The Bertz CT molecular complexity index is 644. The van der Waals surface area contributed by atoms with Crippen molar-refractivity contribution in [3.63, 3.8) is 0 Å². The predicted molar refractivity (Wildman–Crippen MR) is 71.9 cm³/mol. The van der Waals surface area contributed by atoms with Gasteiger partial charge in [-0.15, -0.1) is 13.2 Å². The molecule has 1 unspecified atom stereocenters. The lowest BCUT2D eigenvalue weighted by atomic mass is 10.2. The summed E-state index contributed by atoms with van der Waals surface area (Å²) in [5.41, 5.74) is 5.29. The minimum atomic E-state index is -4.90. The molecule has 2 aromatic rings. The Morgan fingerprint density at radius 2 is 1.59 bits per heavy atom. The number of amides is 1. The summed E-state index contributed by atoms with van der Waals surface area (Å²) < 4.78 is 46.9. The summed E-state index contributed by atoms with van der Waals surface area (Å²) in [5, 5.41) is 0. The molecule has 0 heterocycles. The van der Waals surface area contributed by atoms with Gasteiger partial charge in [-0.05, 0) is 12.1 Å². The first kappa shape index (κ1) is 15.8. The Balaban J connectivity index is 2.33. The second-order valence-corrected chi connectivity index (χ2v) is 4.28. The van der Waals surface area contributed by atoms with E-state index in [-0.39, 0.29) is 16.9 Å². The third kappa shape index (κ3) is 4.23. The molecule has 0 saturated heterocycles. The maximum atomic E-state index is 12.6. The molecule has 2 aromatic carbocycles. The molecule has 4 nitrogen and oxygen atoms in total. The zero-order chi connectivity index (χ0) is 16.2. The molecule has 116 valence electrons. The normalized spacial score (nSPS) is 12.7. The number of nitrogens with two attached hydrogens (primary N) is 1. The van der Waals surface area contributed by atoms with Crippen molar-refractivity contribution >= 4 is 5.91 Å². The van der Waals surface area contributed by atoms with Gasteiger partial charge >= 0.3 is 6.36 Å². The van der Waals surface area contributed by atoms with Crippen molar-refractivity contribution < 1.29 is 27.4 Å². The van der Waals surface area contributed by atoms with Crippen LogP contribution in [0.4, 0.5) is 13.2 Å². The van der Waals surface area contributed by atoms with Gasteiger partial charge in [0.2, 0.25) is 6.29 Å². The number of hydrogen-bond donors (Lipinski definition) is 1. The summed E-state index contributed by atoms with van der Waals surface area (Å²) in [4.78, 5) is 11.3. The third-order valence-electron chi connectivity index (χ3n) is 2.70. The molecule has 0 spiro atoms. The van der Waals surface area contributed by atoms with Gasteiger partial charge in [0.15, 0.2) is 0 Å². The van der Waals surface area contributed by atoms with E-state index in [2.05, 4.69) is 4.74 Å². The van der Waals surface area contributed by atoms with Crippen LogP contribution in [0, 0.1) is 0 Å². The van der Waals surface area contributed by atoms with Crippen LogP contribution in [0.1, 0.15) is 22.2 Å². The zero-order valence-corrected chi connectivity index (χ0v) is 11.2. The molecule has 22 heavy (non-hydrogen) atoms. The number of carbonyl (C=O) groups excluding carboxylic acids is 1. The fourth-order valence-electron chi connectivity index (χ4n) is 1.78. The average Bonchev–Trinajstić information content (AvgIpc) is 2.46. The molecule has 7 heteroatoms. The van der Waals surface area contributed by atoms with E-state index in [4.69, 9.17) is 10.5 Å². The molecule has 1 amide bonds. The number of ether oxygens (including phenoxy) is 2. The highest BCUT2D eigenvalue weighted by Gasteiger charge is 2.35. The molecule has 0 saturated carbocycles. The molecule has 0 aliphatic rings. The topological polar surface area (TPSA) is 61.6 Å². The van der Waals surface area contributed by atoms with Gasteiger partial charge in [0.25, 0.3) is 5.91 Å². The minimum absolute atomic E-state index is 0.0331. The van der Waals surface area contributed by atoms with E-state index in [0.29, 0.717) is 0 Å². The quantitative estimate of drug-likeness (QED) is 0.861. The fourth-order valence-corrected chi connectivity index (χ4v) is 1.78. The van der Waals surface area contributed by atoms with Gasteiger partial charge in [-0.3, -0.25) is 4.79 Å². The minimum Gasteiger partial charge on any atom is -0.459 e. The van der Waals surface area contributed by atoms with Gasteiger partial charge in [-0.1, -0.05) is 42.5 Å². The van der Waals surface area contributed by atoms with E-state index in [9.17, 15) is 18.0 Å². The van der Waals surface area contributed by atoms with Crippen molar-refractivity contribution in [3.05, 3.63) is 65.7 Å². The third-order valence-corrected chi connectivity index (χ3v) is 2.70. The van der Waals surface area contributed by atoms with Crippen molar-refractivity contribution in [1.29, 1.82) is 0 Å². The highest BCUT2D eigenvalue weighted by atomic mass is 19.4. The van der Waals surface area contributed by atoms with Crippen molar-refractivity contribution in [1.82, 2.24) is 0 Å². The number of para-hydroxylation sites is 1. The number of halogens is 3. The molecular formula is C15H12F3NO3. The van der Waals surface area contributed by atoms with E-state index < -0.39 is 18.6 Å². The van der Waals surface area contributed by atoms with E-state index >= 15 is 0 Å². The standard InChI is InChI=1S/C15H12F3NO3/c16-15(17,18)22-14(10-6-2-1-3-7-10)21-12-9-5-4-8-11(12)13(19)20/h1-9,14H,(H2,19,20). The van der Waals surface area contributed by atoms with Crippen LogP contribution in [-0.2, 0) is 4.74 Å². The van der Waals surface area contributed by atoms with E-state index in [1.54, 1.807) is 18.2 Å². The Labute approximate surface area is 124 Å². The number of hydrogen-bond acceptors (Lipinski definition) is 3. The summed E-state index contributed by atoms with van der Waals surface area (Å²) in [5.74, 6) is -0.900. The first-order chi connectivity index (χ1) is 10.4. The molecule has 2 rings (SSSR count). The smallest absolute Gasteiger partial charge is 0.459 e. The maximum absolute atomic E-state index is 12.6. The van der Waals surface area contributed by atoms with Gasteiger partial charge in [-0.2, -0.15) is 0 Å². The average molecular weight is 311 g/mol. The molecule has 0 radical (unpaired) electrons. The fraction of sp³-hybridized carbons (Fsp3) is 0.133. The zero-order valence-electron chi connectivity index (χ0n) is 11.2. The molecule has 0 aliphatic carbocycles. The second-order valence-electron chi connectivity index (χ2n) is 4.28. The van der Waals surface area contributed by atoms with Crippen molar-refractivity contribution in [2.24, 2.45) is 5.73 Å². The number of alkyl halides is 3. The number of rotatable bonds is 5. The first-order valence-corrected chi connectivity index (χ1v) is 6.22. The summed E-state index contributed by atoms with van der Waals surface area (Å²) in [6.07, 6.45) is -6.65. The lowest BCUT2D eigenvalue weighted by molar-refractivity contribution is -0.370. The predicted octanol–water partition coefficient (Wildman–Crippen LogP) is 3.40. The van der Waals surface area contributed by atoms with E-state index in [1.165, 1.54) is 36.4 Å². The SMILES string of the molecule is NC(=O)c1ccccc1OC(OC(F)(F)F)c1ccccc1. The van der Waals surface area contributed by atoms with Gasteiger partial charge in [0.1, 0.15) is 5.75 Å². The monoisotopic (exact) mass is 311 g/mol. The maximum Gasteiger partial charge on any atom is 0.525 e. The van der Waals surface area contributed by atoms with Crippen molar-refractivity contribution in [3.8, 4) is 5.75 Å². The van der Waals surface area contributed by atoms with E-state index in [1.807, 2.05) is 0 Å². The molecule has 0 aliphatic heterocycles. The number of carbonyl (C=O) groups is 1. The molecule has 1 atom stereocenters. The number of benzene rings is 2. The van der Waals surface area contributed by atoms with Gasteiger partial charge in [-0.25, -0.2) is 4.74 Å². The number of primary amides is 1.